The number of carbonyl (C=O) groups excluding carboxylic acids is 1. The van der Waals surface area contributed by atoms with E-state index in [1.165, 1.54) is 11.8 Å². The summed E-state index contributed by atoms with van der Waals surface area (Å²) in [6.07, 6.45) is 2.01. The quantitative estimate of drug-likeness (QED) is 0.687. The fraction of sp³-hybridized carbons (Fsp3) is 0.174. The highest BCUT2D eigenvalue weighted by Gasteiger charge is 2.21. The van der Waals surface area contributed by atoms with Crippen molar-refractivity contribution >= 4 is 11.6 Å². The first-order chi connectivity index (χ1) is 14.1. The molecule has 29 heavy (non-hydrogen) atoms. The van der Waals surface area contributed by atoms with Gasteiger partial charge >= 0.3 is 0 Å². The Kier molecular flexibility index (Phi) is 5.44. The molecule has 0 fully saturated rings. The lowest BCUT2D eigenvalue weighted by Gasteiger charge is -2.26. The van der Waals surface area contributed by atoms with Crippen molar-refractivity contribution < 1.29 is 19.4 Å². The van der Waals surface area contributed by atoms with Crippen LogP contribution < -0.4 is 14.8 Å². The van der Waals surface area contributed by atoms with Gasteiger partial charge in [0.2, 0.25) is 5.88 Å². The molecule has 2 aromatic carbocycles. The second-order valence-electron chi connectivity index (χ2n) is 6.82. The molecule has 0 spiro atoms. The summed E-state index contributed by atoms with van der Waals surface area (Å²) in [5.41, 5.74) is 2.74. The molecule has 2 heterocycles. The minimum atomic E-state index is -1.33. The van der Waals surface area contributed by atoms with Gasteiger partial charge in [-0.2, -0.15) is 0 Å². The topological polar surface area (TPSA) is 80.7 Å². The zero-order valence-corrected chi connectivity index (χ0v) is 15.7. The minimum Gasteiger partial charge on any atom is -0.485 e. The van der Waals surface area contributed by atoms with Gasteiger partial charge in [-0.15, -0.1) is 0 Å². The van der Waals surface area contributed by atoms with Gasteiger partial charge in [0.1, 0.15) is 23.7 Å². The van der Waals surface area contributed by atoms with Crippen LogP contribution in [0.5, 0.6) is 17.4 Å². The van der Waals surface area contributed by atoms with Crippen LogP contribution in [0.3, 0.4) is 0 Å². The number of pyridine rings is 1. The van der Waals surface area contributed by atoms with E-state index in [4.69, 9.17) is 14.6 Å². The van der Waals surface area contributed by atoms with Gasteiger partial charge in [-0.1, -0.05) is 30.3 Å². The predicted octanol–water partition coefficient (Wildman–Crippen LogP) is 4.07. The number of amides is 1. The molecule has 2 atom stereocenters. The summed E-state index contributed by atoms with van der Waals surface area (Å²) >= 11 is 0. The average molecular weight is 389 g/mol. The number of benzene rings is 2. The SMILES string of the molecule is [CH2][C@H](O)C(=O)Nc1ccc(Oc2ccc3c(c2)CCC(c2ccccc2)O3)nc1. The molecule has 1 aromatic heterocycles. The molecular weight excluding hydrogens is 368 g/mol. The van der Waals surface area contributed by atoms with Crippen LogP contribution >= 0.6 is 0 Å². The van der Waals surface area contributed by atoms with Gasteiger partial charge in [-0.25, -0.2) is 4.98 Å². The molecule has 6 heteroatoms. The summed E-state index contributed by atoms with van der Waals surface area (Å²) in [4.78, 5) is 15.6. The van der Waals surface area contributed by atoms with Gasteiger partial charge in [0.25, 0.3) is 5.91 Å². The number of nitrogens with one attached hydrogen (secondary N) is 1. The van der Waals surface area contributed by atoms with E-state index in [1.807, 2.05) is 36.4 Å². The summed E-state index contributed by atoms with van der Waals surface area (Å²) in [5, 5.41) is 11.6. The monoisotopic (exact) mass is 389 g/mol. The Morgan fingerprint density at radius 3 is 2.76 bits per heavy atom. The lowest BCUT2D eigenvalue weighted by Crippen LogP contribution is -2.24. The molecule has 1 aliphatic heterocycles. The van der Waals surface area contributed by atoms with Crippen molar-refractivity contribution in [2.45, 2.75) is 25.0 Å². The number of aryl methyl sites for hydroxylation is 1. The number of aromatic nitrogens is 1. The summed E-state index contributed by atoms with van der Waals surface area (Å²) < 4.78 is 12.0. The van der Waals surface area contributed by atoms with Crippen molar-refractivity contribution in [1.82, 2.24) is 4.98 Å². The largest absolute Gasteiger partial charge is 0.485 e. The predicted molar refractivity (Wildman–Crippen MR) is 109 cm³/mol. The third kappa shape index (κ3) is 4.55. The van der Waals surface area contributed by atoms with Crippen LogP contribution in [0.15, 0.2) is 66.9 Å². The van der Waals surface area contributed by atoms with E-state index in [0.29, 0.717) is 17.3 Å². The number of fused-ring (bicyclic) bond motifs is 1. The number of aliphatic hydroxyl groups is 1. The molecule has 147 valence electrons. The Labute approximate surface area is 169 Å². The third-order valence-corrected chi connectivity index (χ3v) is 4.68. The smallest absolute Gasteiger partial charge is 0.253 e. The number of hydrogen-bond acceptors (Lipinski definition) is 5. The molecule has 1 radical (unpaired) electrons. The van der Waals surface area contributed by atoms with Crippen LogP contribution in [0.1, 0.15) is 23.7 Å². The second-order valence-corrected chi connectivity index (χ2v) is 6.82. The van der Waals surface area contributed by atoms with Gasteiger partial charge in [0, 0.05) is 6.07 Å². The van der Waals surface area contributed by atoms with Crippen LogP contribution in [-0.2, 0) is 11.2 Å². The van der Waals surface area contributed by atoms with Crippen molar-refractivity contribution in [1.29, 1.82) is 0 Å². The number of ether oxygens (including phenoxy) is 2. The van der Waals surface area contributed by atoms with E-state index < -0.39 is 12.0 Å². The molecule has 1 unspecified atom stereocenters. The molecule has 0 aliphatic carbocycles. The molecular formula is C23H21N2O4. The van der Waals surface area contributed by atoms with E-state index in [-0.39, 0.29) is 6.10 Å². The summed E-state index contributed by atoms with van der Waals surface area (Å²) in [5.74, 6) is 1.35. The number of anilines is 1. The first-order valence-corrected chi connectivity index (χ1v) is 9.39. The summed E-state index contributed by atoms with van der Waals surface area (Å²) in [6.45, 7) is 3.25. The molecule has 4 rings (SSSR count). The van der Waals surface area contributed by atoms with Gasteiger partial charge < -0.3 is 19.9 Å². The van der Waals surface area contributed by atoms with Crippen molar-refractivity contribution in [3.05, 3.63) is 84.9 Å². The maximum atomic E-state index is 11.4. The normalized spacial score (nSPS) is 16.3. The van der Waals surface area contributed by atoms with E-state index in [9.17, 15) is 4.79 Å². The Balaban J connectivity index is 1.42. The number of carbonyl (C=O) groups is 1. The van der Waals surface area contributed by atoms with E-state index in [1.54, 1.807) is 12.1 Å². The Hall–Kier alpha value is -3.38. The number of rotatable bonds is 5. The average Bonchev–Trinajstić information content (AvgIpc) is 2.75. The third-order valence-electron chi connectivity index (χ3n) is 4.68. The van der Waals surface area contributed by atoms with Crippen LogP contribution in [0.4, 0.5) is 5.69 Å². The van der Waals surface area contributed by atoms with Gasteiger partial charge in [0.15, 0.2) is 0 Å². The van der Waals surface area contributed by atoms with Crippen LogP contribution in [-0.4, -0.2) is 22.1 Å². The van der Waals surface area contributed by atoms with Gasteiger partial charge in [0.05, 0.1) is 11.9 Å². The van der Waals surface area contributed by atoms with E-state index in [0.717, 1.165) is 24.2 Å². The maximum Gasteiger partial charge on any atom is 0.253 e. The van der Waals surface area contributed by atoms with E-state index >= 15 is 0 Å². The standard InChI is InChI=1S/C23H21N2O4/c1-15(26)23(27)25-18-8-12-22(24-14-18)28-19-9-11-21-17(13-19)7-10-20(29-21)16-5-3-2-4-6-16/h2-6,8-9,11-15,20,26H,1,7,10H2,(H,25,27)/t15-,20?/m0/s1. The Bertz CT molecular complexity index is 988. The second kappa shape index (κ2) is 8.32. The minimum absolute atomic E-state index is 0.0664. The molecule has 6 nitrogen and oxygen atoms in total. The highest BCUT2D eigenvalue weighted by atomic mass is 16.5. The van der Waals surface area contributed by atoms with Crippen LogP contribution in [0, 0.1) is 6.92 Å². The number of hydrogen-bond donors (Lipinski definition) is 2. The summed E-state index contributed by atoms with van der Waals surface area (Å²) in [6, 6.07) is 19.3. The van der Waals surface area contributed by atoms with Crippen LogP contribution in [0.25, 0.3) is 0 Å². The molecule has 1 aliphatic rings. The molecule has 0 saturated heterocycles. The van der Waals surface area contributed by atoms with Gasteiger partial charge in [-0.05, 0) is 55.2 Å². The Morgan fingerprint density at radius 2 is 2.03 bits per heavy atom. The fourth-order valence-electron chi connectivity index (χ4n) is 3.19. The zero-order chi connectivity index (χ0) is 20.2. The van der Waals surface area contributed by atoms with Crippen molar-refractivity contribution in [3.8, 4) is 17.4 Å². The maximum absolute atomic E-state index is 11.4. The van der Waals surface area contributed by atoms with Crippen molar-refractivity contribution in [3.63, 3.8) is 0 Å². The zero-order valence-electron chi connectivity index (χ0n) is 15.7. The summed E-state index contributed by atoms with van der Waals surface area (Å²) in [7, 11) is 0. The number of nitrogens with zero attached hydrogens (tertiary/aromatic N) is 1. The van der Waals surface area contributed by atoms with Gasteiger partial charge in [-0.3, -0.25) is 4.79 Å². The first-order valence-electron chi connectivity index (χ1n) is 9.39. The molecule has 1 amide bonds. The van der Waals surface area contributed by atoms with Crippen LogP contribution in [0.2, 0.25) is 0 Å². The van der Waals surface area contributed by atoms with Crippen molar-refractivity contribution in [2.75, 3.05) is 5.32 Å². The van der Waals surface area contributed by atoms with E-state index in [2.05, 4.69) is 29.4 Å². The Morgan fingerprint density at radius 1 is 1.21 bits per heavy atom. The molecule has 0 bridgehead atoms. The lowest BCUT2D eigenvalue weighted by atomic mass is 9.97. The lowest BCUT2D eigenvalue weighted by molar-refractivity contribution is -0.122. The molecule has 3 aromatic rings. The molecule has 2 N–H and O–H groups in total. The first kappa shape index (κ1) is 19.0. The van der Waals surface area contributed by atoms with Crippen molar-refractivity contribution in [2.24, 2.45) is 0 Å². The fourth-order valence-corrected chi connectivity index (χ4v) is 3.19. The number of aliphatic hydroxyl groups excluding tert-OH is 1. The highest BCUT2D eigenvalue weighted by molar-refractivity contribution is 5.94. The molecule has 0 saturated carbocycles. The highest BCUT2D eigenvalue weighted by Crippen LogP contribution is 2.37.